The van der Waals surface area contributed by atoms with Crippen LogP contribution in [0.5, 0.6) is 0 Å². The summed E-state index contributed by atoms with van der Waals surface area (Å²) in [7, 11) is 2.25. The van der Waals surface area contributed by atoms with Crippen molar-refractivity contribution in [3.05, 3.63) is 0 Å². The Morgan fingerprint density at radius 3 is 2.00 bits per heavy atom. The van der Waals surface area contributed by atoms with Gasteiger partial charge in [0.25, 0.3) is 0 Å². The van der Waals surface area contributed by atoms with Crippen LogP contribution in [-0.2, 0) is 9.47 Å². The van der Waals surface area contributed by atoms with E-state index < -0.39 is 11.7 Å². The van der Waals surface area contributed by atoms with Gasteiger partial charge in [0.15, 0.2) is 5.56 Å². The third-order valence-corrected chi connectivity index (χ3v) is 4.00. The average molecular weight is 308 g/mol. The highest BCUT2D eigenvalue weighted by molar-refractivity contribution is 6.19. The van der Waals surface area contributed by atoms with Gasteiger partial charge in [0, 0.05) is 11.1 Å². The fourth-order valence-corrected chi connectivity index (χ4v) is 2.47. The summed E-state index contributed by atoms with van der Waals surface area (Å²) in [5.74, 6) is 0. The number of carbonyl (C=O) groups is 1. The van der Waals surface area contributed by atoms with Gasteiger partial charge in [-0.3, -0.25) is 4.90 Å². The topological polar surface area (TPSA) is 38.8 Å². The molecule has 1 saturated heterocycles. The van der Waals surface area contributed by atoms with E-state index in [0.717, 1.165) is 0 Å². The number of rotatable bonds is 2. The maximum atomic E-state index is 10.3. The van der Waals surface area contributed by atoms with Crippen molar-refractivity contribution in [3.63, 3.8) is 0 Å². The van der Waals surface area contributed by atoms with Gasteiger partial charge >= 0.3 is 6.16 Å². The molecule has 0 saturated carbocycles. The van der Waals surface area contributed by atoms with Crippen LogP contribution < -0.4 is 0 Å². The first kappa shape index (κ1) is 19.5. The summed E-state index contributed by atoms with van der Waals surface area (Å²) in [4.78, 5) is 12.8. The van der Waals surface area contributed by atoms with Crippen LogP contribution in [0.15, 0.2) is 0 Å². The van der Waals surface area contributed by atoms with Crippen LogP contribution >= 0.6 is 11.6 Å². The molecule has 120 valence electrons. The monoisotopic (exact) mass is 307 g/mol. The third-order valence-electron chi connectivity index (χ3n) is 3.91. The second kappa shape index (κ2) is 8.08. The molecule has 0 aromatic carbocycles. The van der Waals surface area contributed by atoms with E-state index in [4.69, 9.17) is 11.6 Å². The molecule has 0 aliphatic carbocycles. The molecule has 20 heavy (non-hydrogen) atoms. The predicted octanol–water partition coefficient (Wildman–Crippen LogP) is 4.40. The van der Waals surface area contributed by atoms with Gasteiger partial charge in [0.2, 0.25) is 0 Å². The first-order valence-electron chi connectivity index (χ1n) is 7.24. The van der Waals surface area contributed by atoms with Gasteiger partial charge in [-0.15, -0.1) is 0 Å². The normalized spacial score (nSPS) is 22.2. The lowest BCUT2D eigenvalue weighted by Crippen LogP contribution is -2.56. The van der Waals surface area contributed by atoms with Crippen molar-refractivity contribution in [2.24, 2.45) is 0 Å². The number of hydrogen-bond donors (Lipinski definition) is 0. The molecule has 1 atom stereocenters. The Balaban J connectivity index is 0.000000370. The molecule has 0 bridgehead atoms. The Hall–Kier alpha value is -0.480. The highest BCUT2D eigenvalue weighted by Crippen LogP contribution is 2.36. The van der Waals surface area contributed by atoms with Crippen molar-refractivity contribution >= 4 is 17.8 Å². The SMILES string of the molecule is CCOC(=O)OC(C)Cl.CN1C(C)(C)CCCC1(C)C. The molecular weight excluding hydrogens is 278 g/mol. The molecule has 0 spiro atoms. The van der Waals surface area contributed by atoms with Gasteiger partial charge in [0.1, 0.15) is 0 Å². The quantitative estimate of drug-likeness (QED) is 0.560. The lowest BCUT2D eigenvalue weighted by Gasteiger charge is -2.50. The molecule has 1 aliphatic rings. The minimum Gasteiger partial charge on any atom is -0.435 e. The number of carbonyl (C=O) groups excluding carboxylic acids is 1. The second-order valence-electron chi connectivity index (χ2n) is 6.38. The van der Waals surface area contributed by atoms with E-state index in [1.165, 1.54) is 19.3 Å². The van der Waals surface area contributed by atoms with Gasteiger partial charge in [-0.2, -0.15) is 0 Å². The number of piperidine rings is 1. The highest BCUT2D eigenvalue weighted by Gasteiger charge is 2.38. The molecule has 0 aromatic heterocycles. The first-order chi connectivity index (χ1) is 9.03. The van der Waals surface area contributed by atoms with Crippen molar-refractivity contribution < 1.29 is 14.3 Å². The standard InChI is InChI=1S/C10H21N.C5H9ClO3/c1-9(2)7-6-8-10(3,4)11(9)5;1-3-8-5(7)9-4(2)6/h6-8H2,1-5H3;4H,3H2,1-2H3. The molecule has 0 amide bonds. The van der Waals surface area contributed by atoms with Gasteiger partial charge < -0.3 is 9.47 Å². The fraction of sp³-hybridized carbons (Fsp3) is 0.933. The van der Waals surface area contributed by atoms with E-state index in [-0.39, 0.29) is 0 Å². The molecule has 0 aromatic rings. The number of alkyl halides is 1. The van der Waals surface area contributed by atoms with E-state index in [0.29, 0.717) is 17.7 Å². The van der Waals surface area contributed by atoms with Crippen LogP contribution in [0.4, 0.5) is 4.79 Å². The molecule has 1 heterocycles. The zero-order valence-electron chi connectivity index (χ0n) is 14.0. The van der Waals surface area contributed by atoms with Gasteiger partial charge in [-0.1, -0.05) is 11.6 Å². The minimum absolute atomic E-state index is 0.308. The second-order valence-corrected chi connectivity index (χ2v) is 7.00. The summed E-state index contributed by atoms with van der Waals surface area (Å²) in [6.45, 7) is 12.9. The van der Waals surface area contributed by atoms with Gasteiger partial charge in [-0.05, 0) is 67.9 Å². The molecule has 5 heteroatoms. The van der Waals surface area contributed by atoms with Crippen LogP contribution in [0.3, 0.4) is 0 Å². The average Bonchev–Trinajstić information content (AvgIpc) is 2.25. The Morgan fingerprint density at radius 1 is 1.25 bits per heavy atom. The minimum atomic E-state index is -0.722. The maximum Gasteiger partial charge on any atom is 0.509 e. The molecule has 1 fully saturated rings. The molecule has 0 N–H and O–H groups in total. The summed E-state index contributed by atoms with van der Waals surface area (Å²) in [5.41, 5.74) is 0.188. The van der Waals surface area contributed by atoms with Gasteiger partial charge in [-0.25, -0.2) is 4.79 Å². The number of hydrogen-bond acceptors (Lipinski definition) is 4. The number of likely N-dealkylation sites (tertiary alicyclic amines) is 1. The molecule has 0 radical (unpaired) electrons. The molecule has 4 nitrogen and oxygen atoms in total. The largest absolute Gasteiger partial charge is 0.509 e. The number of halogens is 1. The number of ether oxygens (including phenoxy) is 2. The van der Waals surface area contributed by atoms with E-state index in [2.05, 4.69) is 49.1 Å². The third kappa shape index (κ3) is 6.80. The summed E-state index contributed by atoms with van der Waals surface area (Å²) in [6, 6.07) is 0. The van der Waals surface area contributed by atoms with Crippen molar-refractivity contribution in [3.8, 4) is 0 Å². The van der Waals surface area contributed by atoms with Crippen LogP contribution in [0.2, 0.25) is 0 Å². The molecule has 1 aliphatic heterocycles. The van der Waals surface area contributed by atoms with Crippen molar-refractivity contribution in [2.45, 2.75) is 77.4 Å². The highest BCUT2D eigenvalue weighted by atomic mass is 35.5. The lowest BCUT2D eigenvalue weighted by atomic mass is 9.80. The van der Waals surface area contributed by atoms with Gasteiger partial charge in [0.05, 0.1) is 6.61 Å². The summed E-state index contributed by atoms with van der Waals surface area (Å²) in [6.07, 6.45) is 3.34. The first-order valence-corrected chi connectivity index (χ1v) is 7.68. The van der Waals surface area contributed by atoms with Crippen LogP contribution in [0.1, 0.15) is 60.8 Å². The van der Waals surface area contributed by atoms with E-state index in [1.54, 1.807) is 13.8 Å². The summed E-state index contributed by atoms with van der Waals surface area (Å²) >= 11 is 5.29. The Bertz CT molecular complexity index is 287. The van der Waals surface area contributed by atoms with Crippen molar-refractivity contribution in [2.75, 3.05) is 13.7 Å². The van der Waals surface area contributed by atoms with E-state index >= 15 is 0 Å². The van der Waals surface area contributed by atoms with E-state index in [1.807, 2.05) is 0 Å². The van der Waals surface area contributed by atoms with Crippen molar-refractivity contribution in [1.29, 1.82) is 0 Å². The summed E-state index contributed by atoms with van der Waals surface area (Å²) < 4.78 is 8.80. The predicted molar refractivity (Wildman–Crippen MR) is 83.2 cm³/mol. The Labute approximate surface area is 128 Å². The summed E-state index contributed by atoms with van der Waals surface area (Å²) in [5, 5.41) is 0. The fourth-order valence-electron chi connectivity index (χ4n) is 2.39. The smallest absolute Gasteiger partial charge is 0.435 e. The molecular formula is C15H30ClNO3. The van der Waals surface area contributed by atoms with Crippen molar-refractivity contribution in [1.82, 2.24) is 4.90 Å². The van der Waals surface area contributed by atoms with Crippen LogP contribution in [0.25, 0.3) is 0 Å². The molecule has 1 unspecified atom stereocenters. The van der Waals surface area contributed by atoms with E-state index in [9.17, 15) is 4.79 Å². The zero-order valence-corrected chi connectivity index (χ0v) is 14.7. The lowest BCUT2D eigenvalue weighted by molar-refractivity contribution is -0.00200. The Kier molecular flexibility index (Phi) is 7.89. The maximum absolute atomic E-state index is 10.3. The Morgan fingerprint density at radius 2 is 1.70 bits per heavy atom. The number of nitrogens with zero attached hydrogens (tertiary/aromatic N) is 1. The van der Waals surface area contributed by atoms with Crippen LogP contribution in [0, 0.1) is 0 Å². The molecule has 1 rings (SSSR count). The van der Waals surface area contributed by atoms with Crippen LogP contribution in [-0.4, -0.2) is 41.4 Å². The zero-order chi connectivity index (χ0) is 16.0.